The second-order valence-corrected chi connectivity index (χ2v) is 5.95. The number of carbonyl (C=O) groups is 1. The van der Waals surface area contributed by atoms with Crippen LogP contribution in [0.3, 0.4) is 0 Å². The van der Waals surface area contributed by atoms with Crippen LogP contribution in [0.5, 0.6) is 0 Å². The second kappa shape index (κ2) is 6.60. The number of nitro groups is 1. The van der Waals surface area contributed by atoms with Gasteiger partial charge in [-0.05, 0) is 17.7 Å². The Morgan fingerprint density at radius 1 is 1.20 bits per heavy atom. The molecule has 128 valence electrons. The molecule has 1 aliphatic heterocycles. The molecule has 0 aliphatic carbocycles. The van der Waals surface area contributed by atoms with Crippen LogP contribution < -0.4 is 0 Å². The van der Waals surface area contributed by atoms with E-state index < -0.39 is 29.0 Å². The Bertz CT molecular complexity index is 841. The van der Waals surface area contributed by atoms with Gasteiger partial charge in [-0.2, -0.15) is 0 Å². The lowest BCUT2D eigenvalue weighted by Gasteiger charge is -2.25. The molecule has 2 aromatic rings. The van der Waals surface area contributed by atoms with E-state index in [1.54, 1.807) is 30.3 Å². The third-order valence-corrected chi connectivity index (χ3v) is 4.24. The molecule has 8 heteroatoms. The fourth-order valence-electron chi connectivity index (χ4n) is 2.79. The highest BCUT2D eigenvalue weighted by molar-refractivity contribution is 6.30. The fraction of sp³-hybridized carbons (Fsp3) is 0.176. The Kier molecular flexibility index (Phi) is 4.50. The summed E-state index contributed by atoms with van der Waals surface area (Å²) in [6, 6.07) is 14.0. The summed E-state index contributed by atoms with van der Waals surface area (Å²) >= 11 is 5.83. The summed E-state index contributed by atoms with van der Waals surface area (Å²) < 4.78 is 15.9. The van der Waals surface area contributed by atoms with Gasteiger partial charge in [-0.1, -0.05) is 59.2 Å². The molecular weight excluding hydrogens is 351 g/mol. The first-order valence-electron chi connectivity index (χ1n) is 7.34. The van der Waals surface area contributed by atoms with Gasteiger partial charge >= 0.3 is 5.97 Å². The van der Waals surface area contributed by atoms with Crippen molar-refractivity contribution in [3.05, 3.63) is 80.9 Å². The Hall–Kier alpha value is -2.80. The highest BCUT2D eigenvalue weighted by atomic mass is 35.5. The minimum absolute atomic E-state index is 0.256. The maximum absolute atomic E-state index is 15.9. The van der Waals surface area contributed by atoms with Crippen molar-refractivity contribution in [3.8, 4) is 0 Å². The molecule has 3 rings (SSSR count). The minimum Gasteiger partial charge on any atom is -0.314 e. The number of hydrogen-bond donors (Lipinski definition) is 0. The summed E-state index contributed by atoms with van der Waals surface area (Å²) in [7, 11) is 0. The highest BCUT2D eigenvalue weighted by Gasteiger charge is 2.59. The first-order chi connectivity index (χ1) is 11.9. The van der Waals surface area contributed by atoms with E-state index in [1.807, 2.05) is 0 Å². The van der Waals surface area contributed by atoms with Crippen LogP contribution in [0.25, 0.3) is 0 Å². The van der Waals surface area contributed by atoms with Crippen LogP contribution in [0.4, 0.5) is 4.39 Å². The van der Waals surface area contributed by atoms with Gasteiger partial charge in [-0.15, -0.1) is 0 Å². The predicted molar refractivity (Wildman–Crippen MR) is 89.0 cm³/mol. The summed E-state index contributed by atoms with van der Waals surface area (Å²) in [4.78, 5) is 27.2. The Labute approximate surface area is 147 Å². The number of hydrogen-bond acceptors (Lipinski definition) is 5. The zero-order chi connectivity index (χ0) is 18.0. The van der Waals surface area contributed by atoms with Crippen molar-refractivity contribution in [3.63, 3.8) is 0 Å². The smallest absolute Gasteiger partial charge is 0.314 e. The molecule has 0 radical (unpaired) electrons. The SMILES string of the molecule is O=C1ON=C(c2ccccc2)[C@@]1(F)[C@H](C[N+](=O)[O-])c1ccc(Cl)cc1. The molecule has 6 nitrogen and oxygen atoms in total. The third kappa shape index (κ3) is 3.10. The van der Waals surface area contributed by atoms with Crippen LogP contribution in [0.1, 0.15) is 17.0 Å². The number of benzene rings is 2. The average Bonchev–Trinajstić information content (AvgIpc) is 2.90. The van der Waals surface area contributed by atoms with Gasteiger partial charge in [0.1, 0.15) is 5.71 Å². The normalized spacial score (nSPS) is 20.7. The fourth-order valence-corrected chi connectivity index (χ4v) is 2.91. The maximum atomic E-state index is 15.9. The van der Waals surface area contributed by atoms with Gasteiger partial charge in [-0.25, -0.2) is 9.18 Å². The molecule has 0 bridgehead atoms. The number of carbonyl (C=O) groups excluding carboxylic acids is 1. The van der Waals surface area contributed by atoms with Crippen molar-refractivity contribution in [2.75, 3.05) is 6.54 Å². The lowest BCUT2D eigenvalue weighted by molar-refractivity contribution is -0.485. The van der Waals surface area contributed by atoms with Crippen LogP contribution >= 0.6 is 11.6 Å². The van der Waals surface area contributed by atoms with E-state index in [-0.39, 0.29) is 11.3 Å². The minimum atomic E-state index is -2.78. The van der Waals surface area contributed by atoms with Gasteiger partial charge in [0, 0.05) is 15.5 Å². The van der Waals surface area contributed by atoms with Crippen LogP contribution in [0, 0.1) is 10.1 Å². The molecule has 2 atom stereocenters. The number of rotatable bonds is 5. The lowest BCUT2D eigenvalue weighted by Crippen LogP contribution is -2.47. The van der Waals surface area contributed by atoms with Crippen LogP contribution in [0.15, 0.2) is 59.8 Å². The predicted octanol–water partition coefficient (Wildman–Crippen LogP) is 3.37. The summed E-state index contributed by atoms with van der Waals surface area (Å²) in [5.74, 6) is -2.68. The van der Waals surface area contributed by atoms with Crippen molar-refractivity contribution in [2.24, 2.45) is 5.16 Å². The van der Waals surface area contributed by atoms with Gasteiger partial charge in [0.15, 0.2) is 0 Å². The maximum Gasteiger partial charge on any atom is 0.379 e. The van der Waals surface area contributed by atoms with E-state index >= 15 is 4.39 Å². The Balaban J connectivity index is 2.11. The lowest BCUT2D eigenvalue weighted by atomic mass is 9.78. The summed E-state index contributed by atoms with van der Waals surface area (Å²) in [6.07, 6.45) is 0. The van der Waals surface area contributed by atoms with Crippen molar-refractivity contribution < 1.29 is 18.9 Å². The third-order valence-electron chi connectivity index (χ3n) is 3.99. The van der Waals surface area contributed by atoms with Gasteiger partial charge in [0.05, 0.1) is 5.92 Å². The van der Waals surface area contributed by atoms with Gasteiger partial charge in [-0.3, -0.25) is 10.1 Å². The average molecular weight is 363 g/mol. The molecule has 1 heterocycles. The first-order valence-corrected chi connectivity index (χ1v) is 7.72. The van der Waals surface area contributed by atoms with Gasteiger partial charge < -0.3 is 4.84 Å². The van der Waals surface area contributed by atoms with E-state index in [1.165, 1.54) is 24.3 Å². The highest BCUT2D eigenvalue weighted by Crippen LogP contribution is 2.40. The number of halogens is 2. The number of oxime groups is 1. The largest absolute Gasteiger partial charge is 0.379 e. The molecule has 1 aliphatic rings. The van der Waals surface area contributed by atoms with Crippen molar-refractivity contribution in [1.29, 1.82) is 0 Å². The summed E-state index contributed by atoms with van der Waals surface area (Å²) in [5, 5.41) is 15.1. The zero-order valence-electron chi connectivity index (χ0n) is 12.8. The molecule has 0 aromatic heterocycles. The molecule has 0 fully saturated rings. The van der Waals surface area contributed by atoms with E-state index in [9.17, 15) is 14.9 Å². The first kappa shape index (κ1) is 17.0. The van der Waals surface area contributed by atoms with Crippen molar-refractivity contribution >= 4 is 23.3 Å². The van der Waals surface area contributed by atoms with Crippen molar-refractivity contribution in [1.82, 2.24) is 0 Å². The Morgan fingerprint density at radius 2 is 1.84 bits per heavy atom. The van der Waals surface area contributed by atoms with Gasteiger partial charge in [0.25, 0.3) is 5.67 Å². The molecule has 0 saturated heterocycles. The molecule has 2 aromatic carbocycles. The monoisotopic (exact) mass is 362 g/mol. The Morgan fingerprint density at radius 3 is 2.44 bits per heavy atom. The van der Waals surface area contributed by atoms with Crippen LogP contribution in [0.2, 0.25) is 5.02 Å². The van der Waals surface area contributed by atoms with E-state index in [4.69, 9.17) is 11.6 Å². The molecule has 25 heavy (non-hydrogen) atoms. The van der Waals surface area contributed by atoms with Crippen molar-refractivity contribution in [2.45, 2.75) is 11.6 Å². The quantitative estimate of drug-likeness (QED) is 0.464. The summed E-state index contributed by atoms with van der Waals surface area (Å²) in [5.41, 5.74) is -2.48. The molecular formula is C17H12ClFN2O4. The van der Waals surface area contributed by atoms with Crippen LogP contribution in [-0.2, 0) is 9.63 Å². The summed E-state index contributed by atoms with van der Waals surface area (Å²) in [6.45, 7) is -0.806. The molecule has 0 unspecified atom stereocenters. The van der Waals surface area contributed by atoms with E-state index in [0.29, 0.717) is 10.6 Å². The molecule has 0 N–H and O–H groups in total. The molecule has 0 spiro atoms. The zero-order valence-corrected chi connectivity index (χ0v) is 13.5. The van der Waals surface area contributed by atoms with Crippen LogP contribution in [-0.4, -0.2) is 28.8 Å². The number of alkyl halides is 1. The topological polar surface area (TPSA) is 81.8 Å². The van der Waals surface area contributed by atoms with E-state index in [2.05, 4.69) is 9.99 Å². The molecule has 0 amide bonds. The molecule has 0 saturated carbocycles. The standard InChI is InChI=1S/C17H12ClFN2O4/c18-13-8-6-11(7-9-13)14(10-21(23)24)17(19)15(20-25-16(17)22)12-4-2-1-3-5-12/h1-9,14H,10H2/t14-,17+/m1/s1. The van der Waals surface area contributed by atoms with Gasteiger partial charge in [0.2, 0.25) is 6.54 Å². The van der Waals surface area contributed by atoms with E-state index in [0.717, 1.165) is 0 Å². The number of nitrogens with zero attached hydrogens (tertiary/aromatic N) is 2. The second-order valence-electron chi connectivity index (χ2n) is 5.52.